The third-order valence-corrected chi connectivity index (χ3v) is 4.37. The molecule has 0 saturated carbocycles. The molecule has 2 aromatic rings. The lowest BCUT2D eigenvalue weighted by Gasteiger charge is -2.19. The highest BCUT2D eigenvalue weighted by Crippen LogP contribution is 2.19. The van der Waals surface area contributed by atoms with Crippen molar-refractivity contribution in [3.8, 4) is 0 Å². The highest BCUT2D eigenvalue weighted by atomic mass is 16.5. The minimum atomic E-state index is -0.996. The van der Waals surface area contributed by atoms with Crippen LogP contribution in [0.25, 0.3) is 0 Å². The molecule has 0 unspecified atom stereocenters. The quantitative estimate of drug-likeness (QED) is 0.751. The van der Waals surface area contributed by atoms with Crippen molar-refractivity contribution in [1.29, 1.82) is 0 Å². The maximum absolute atomic E-state index is 12.4. The van der Waals surface area contributed by atoms with Crippen molar-refractivity contribution in [3.63, 3.8) is 0 Å². The fourth-order valence-electron chi connectivity index (χ4n) is 2.69. The number of carbonyl (C=O) groups excluding carboxylic acids is 3. The molecule has 0 aromatic heterocycles. The van der Waals surface area contributed by atoms with E-state index in [0.29, 0.717) is 11.3 Å². The van der Waals surface area contributed by atoms with Crippen LogP contribution in [0.4, 0.5) is 5.69 Å². The van der Waals surface area contributed by atoms with Crippen molar-refractivity contribution in [1.82, 2.24) is 5.32 Å². The van der Waals surface area contributed by atoms with Crippen molar-refractivity contribution in [2.45, 2.75) is 46.8 Å². The average Bonchev–Trinajstić information content (AvgIpc) is 2.64. The summed E-state index contributed by atoms with van der Waals surface area (Å²) in [7, 11) is 0. The summed E-state index contributed by atoms with van der Waals surface area (Å²) in [6.45, 7) is 8.68. The molecule has 0 aliphatic heterocycles. The standard InChI is InChI=1S/C22H26N2O4/c1-13-8-6-11-18(12-13)21(26)23-16(4)22(27)28-17(5)20(25)24-19-14(2)9-7-10-15(19)3/h6-12,16-17H,1-5H3,(H,23,26)(H,24,25)/t16-,17+/m0/s1. The molecule has 0 saturated heterocycles. The van der Waals surface area contributed by atoms with Crippen molar-refractivity contribution in [2.75, 3.05) is 5.32 Å². The second kappa shape index (κ2) is 9.17. The molecule has 6 heteroatoms. The molecule has 2 rings (SSSR count). The summed E-state index contributed by atoms with van der Waals surface area (Å²) in [5.41, 5.74) is 3.95. The van der Waals surface area contributed by atoms with E-state index in [9.17, 15) is 14.4 Å². The largest absolute Gasteiger partial charge is 0.451 e. The molecule has 0 radical (unpaired) electrons. The van der Waals surface area contributed by atoms with Gasteiger partial charge in [-0.2, -0.15) is 0 Å². The predicted octanol–water partition coefficient (Wildman–Crippen LogP) is 3.30. The molecule has 0 spiro atoms. The van der Waals surface area contributed by atoms with E-state index in [1.807, 2.05) is 45.0 Å². The zero-order valence-corrected chi connectivity index (χ0v) is 16.8. The van der Waals surface area contributed by atoms with Crippen LogP contribution in [0.15, 0.2) is 42.5 Å². The number of hydrogen-bond donors (Lipinski definition) is 2. The lowest BCUT2D eigenvalue weighted by atomic mass is 10.1. The van der Waals surface area contributed by atoms with E-state index in [1.165, 1.54) is 13.8 Å². The molecule has 0 aliphatic carbocycles. The van der Waals surface area contributed by atoms with Crippen LogP contribution < -0.4 is 10.6 Å². The molecule has 6 nitrogen and oxygen atoms in total. The molecule has 148 valence electrons. The number of anilines is 1. The Morgan fingerprint density at radius 3 is 2.14 bits per heavy atom. The number of aryl methyl sites for hydroxylation is 3. The molecule has 28 heavy (non-hydrogen) atoms. The smallest absolute Gasteiger partial charge is 0.329 e. The Bertz CT molecular complexity index is 872. The molecule has 0 heterocycles. The molecule has 2 aromatic carbocycles. The SMILES string of the molecule is Cc1cccc(C(=O)N[C@@H](C)C(=O)O[C@H](C)C(=O)Nc2c(C)cccc2C)c1. The van der Waals surface area contributed by atoms with Gasteiger partial charge in [-0.15, -0.1) is 0 Å². The van der Waals surface area contributed by atoms with Crippen molar-refractivity contribution < 1.29 is 19.1 Å². The van der Waals surface area contributed by atoms with Gasteiger partial charge in [-0.3, -0.25) is 9.59 Å². The fraction of sp³-hybridized carbons (Fsp3) is 0.318. The fourth-order valence-corrected chi connectivity index (χ4v) is 2.69. The number of nitrogens with one attached hydrogen (secondary N) is 2. The second-order valence-corrected chi connectivity index (χ2v) is 6.90. The first kappa shape index (κ1) is 21.2. The van der Waals surface area contributed by atoms with Gasteiger partial charge in [-0.1, -0.05) is 35.9 Å². The van der Waals surface area contributed by atoms with Crippen LogP contribution in [0.3, 0.4) is 0 Å². The minimum absolute atomic E-state index is 0.374. The third kappa shape index (κ3) is 5.42. The lowest BCUT2D eigenvalue weighted by Crippen LogP contribution is -2.42. The number of esters is 1. The summed E-state index contributed by atoms with van der Waals surface area (Å²) in [4.78, 5) is 36.9. The zero-order chi connectivity index (χ0) is 20.8. The van der Waals surface area contributed by atoms with E-state index < -0.39 is 24.0 Å². The lowest BCUT2D eigenvalue weighted by molar-refractivity contribution is -0.154. The van der Waals surface area contributed by atoms with Gasteiger partial charge in [0.2, 0.25) is 0 Å². The minimum Gasteiger partial charge on any atom is -0.451 e. The molecule has 0 fully saturated rings. The van der Waals surface area contributed by atoms with Gasteiger partial charge >= 0.3 is 5.97 Å². The van der Waals surface area contributed by atoms with E-state index in [2.05, 4.69) is 10.6 Å². The number of ether oxygens (including phenoxy) is 1. The Morgan fingerprint density at radius 2 is 1.54 bits per heavy atom. The van der Waals surface area contributed by atoms with E-state index in [-0.39, 0.29) is 5.91 Å². The summed E-state index contributed by atoms with van der Waals surface area (Å²) >= 11 is 0. The summed E-state index contributed by atoms with van der Waals surface area (Å²) in [5, 5.41) is 5.38. The Morgan fingerprint density at radius 1 is 0.929 bits per heavy atom. The second-order valence-electron chi connectivity index (χ2n) is 6.90. The van der Waals surface area contributed by atoms with Gasteiger partial charge in [0.05, 0.1) is 0 Å². The zero-order valence-electron chi connectivity index (χ0n) is 16.8. The summed E-state index contributed by atoms with van der Waals surface area (Å²) in [6, 6.07) is 11.9. The van der Waals surface area contributed by atoms with Gasteiger partial charge in [-0.25, -0.2) is 4.79 Å². The molecule has 2 amide bonds. The molecule has 2 N–H and O–H groups in total. The van der Waals surface area contributed by atoms with Gasteiger partial charge in [0.15, 0.2) is 6.10 Å². The maximum atomic E-state index is 12.4. The first-order valence-corrected chi connectivity index (χ1v) is 9.14. The summed E-state index contributed by atoms with van der Waals surface area (Å²) in [6.07, 6.45) is -0.996. The van der Waals surface area contributed by atoms with E-state index >= 15 is 0 Å². The number of amides is 2. The van der Waals surface area contributed by atoms with Crippen LogP contribution in [0.5, 0.6) is 0 Å². The first-order chi connectivity index (χ1) is 13.2. The Kier molecular flexibility index (Phi) is 6.93. The van der Waals surface area contributed by atoms with E-state index in [0.717, 1.165) is 16.7 Å². The Balaban J connectivity index is 1.93. The van der Waals surface area contributed by atoms with Crippen LogP contribution in [0, 0.1) is 20.8 Å². The Hall–Kier alpha value is -3.15. The highest BCUT2D eigenvalue weighted by Gasteiger charge is 2.24. The summed E-state index contributed by atoms with van der Waals surface area (Å²) < 4.78 is 5.22. The number of rotatable bonds is 6. The molecular formula is C22H26N2O4. The van der Waals surface area contributed by atoms with Crippen LogP contribution in [0.2, 0.25) is 0 Å². The molecule has 0 aliphatic rings. The molecule has 2 atom stereocenters. The molecule has 0 bridgehead atoms. The number of carbonyl (C=O) groups is 3. The van der Waals surface area contributed by atoms with Gasteiger partial charge in [0, 0.05) is 11.3 Å². The van der Waals surface area contributed by atoms with Gasteiger partial charge in [0.1, 0.15) is 6.04 Å². The van der Waals surface area contributed by atoms with Crippen molar-refractivity contribution >= 4 is 23.5 Å². The number of hydrogen-bond acceptors (Lipinski definition) is 4. The predicted molar refractivity (Wildman–Crippen MR) is 108 cm³/mol. The van der Waals surface area contributed by atoms with Crippen LogP contribution in [-0.4, -0.2) is 29.9 Å². The average molecular weight is 382 g/mol. The van der Waals surface area contributed by atoms with Crippen LogP contribution in [-0.2, 0) is 14.3 Å². The van der Waals surface area contributed by atoms with Gasteiger partial charge < -0.3 is 15.4 Å². The normalized spacial score (nSPS) is 12.6. The molecular weight excluding hydrogens is 356 g/mol. The highest BCUT2D eigenvalue weighted by molar-refractivity contribution is 5.98. The topological polar surface area (TPSA) is 84.5 Å². The summed E-state index contributed by atoms with van der Waals surface area (Å²) in [5.74, 6) is -1.48. The van der Waals surface area contributed by atoms with E-state index in [1.54, 1.807) is 18.2 Å². The first-order valence-electron chi connectivity index (χ1n) is 9.14. The van der Waals surface area contributed by atoms with Crippen molar-refractivity contribution in [2.24, 2.45) is 0 Å². The van der Waals surface area contributed by atoms with Crippen LogP contribution >= 0.6 is 0 Å². The monoisotopic (exact) mass is 382 g/mol. The maximum Gasteiger partial charge on any atom is 0.329 e. The number of para-hydroxylation sites is 1. The van der Waals surface area contributed by atoms with Gasteiger partial charge in [-0.05, 0) is 57.9 Å². The third-order valence-electron chi connectivity index (χ3n) is 4.37. The Labute approximate surface area is 165 Å². The van der Waals surface area contributed by atoms with Gasteiger partial charge in [0.25, 0.3) is 11.8 Å². The number of benzene rings is 2. The van der Waals surface area contributed by atoms with Crippen molar-refractivity contribution in [3.05, 3.63) is 64.7 Å². The van der Waals surface area contributed by atoms with E-state index in [4.69, 9.17) is 4.74 Å². The van der Waals surface area contributed by atoms with Crippen LogP contribution in [0.1, 0.15) is 40.9 Å².